The van der Waals surface area contributed by atoms with E-state index in [1.165, 1.54) is 0 Å². The molecule has 0 atom stereocenters. The molecule has 0 fully saturated rings. The summed E-state index contributed by atoms with van der Waals surface area (Å²) >= 11 is 0. The van der Waals surface area contributed by atoms with Gasteiger partial charge in [0.05, 0.1) is 5.69 Å². The van der Waals surface area contributed by atoms with Crippen LogP contribution in [-0.4, -0.2) is 6.21 Å². The van der Waals surface area contributed by atoms with Gasteiger partial charge >= 0.3 is 0 Å². The lowest BCUT2D eigenvalue weighted by Gasteiger charge is -1.87. The Morgan fingerprint density at radius 3 is 2.55 bits per heavy atom. The molecule has 11 heavy (non-hydrogen) atoms. The lowest BCUT2D eigenvalue weighted by Crippen LogP contribution is -1.64. The first-order chi connectivity index (χ1) is 5.43. The monoisotopic (exact) mass is 145 g/mol. The van der Waals surface area contributed by atoms with Crippen LogP contribution in [0.1, 0.15) is 6.92 Å². The van der Waals surface area contributed by atoms with Gasteiger partial charge in [-0.3, -0.25) is 4.99 Å². The van der Waals surface area contributed by atoms with Crippen LogP contribution < -0.4 is 0 Å². The molecule has 1 aromatic carbocycles. The van der Waals surface area contributed by atoms with Crippen LogP contribution in [0, 0.1) is 0 Å². The van der Waals surface area contributed by atoms with E-state index in [0.29, 0.717) is 0 Å². The van der Waals surface area contributed by atoms with E-state index in [0.717, 1.165) is 5.69 Å². The number of para-hydroxylation sites is 1. The Hall–Kier alpha value is -1.37. The quantitative estimate of drug-likeness (QED) is 0.567. The number of rotatable bonds is 2. The van der Waals surface area contributed by atoms with Gasteiger partial charge in [-0.15, -0.1) is 0 Å². The Kier molecular flexibility index (Phi) is 3.13. The molecule has 0 bridgehead atoms. The van der Waals surface area contributed by atoms with Crippen LogP contribution in [0.5, 0.6) is 0 Å². The van der Waals surface area contributed by atoms with Gasteiger partial charge in [0, 0.05) is 6.21 Å². The molecule has 0 saturated carbocycles. The SMILES string of the molecule is C/C=C/C=N/c1ccccc1. The minimum atomic E-state index is 0.991. The zero-order chi connectivity index (χ0) is 7.94. The minimum absolute atomic E-state index is 0.991. The van der Waals surface area contributed by atoms with Gasteiger partial charge in [-0.25, -0.2) is 0 Å². The number of hydrogen-bond acceptors (Lipinski definition) is 1. The summed E-state index contributed by atoms with van der Waals surface area (Å²) in [4.78, 5) is 4.18. The second-order valence-corrected chi connectivity index (χ2v) is 2.14. The molecule has 0 saturated heterocycles. The fourth-order valence-corrected chi connectivity index (χ4v) is 0.729. The molecular weight excluding hydrogens is 134 g/mol. The average molecular weight is 145 g/mol. The lowest BCUT2D eigenvalue weighted by atomic mass is 10.3. The zero-order valence-corrected chi connectivity index (χ0v) is 6.57. The fraction of sp³-hybridized carbons (Fsp3) is 0.100. The van der Waals surface area contributed by atoms with Crippen LogP contribution in [0.2, 0.25) is 0 Å². The van der Waals surface area contributed by atoms with E-state index in [1.54, 1.807) is 6.21 Å². The van der Waals surface area contributed by atoms with Gasteiger partial charge in [-0.1, -0.05) is 24.3 Å². The van der Waals surface area contributed by atoms with E-state index in [-0.39, 0.29) is 0 Å². The van der Waals surface area contributed by atoms with E-state index >= 15 is 0 Å². The van der Waals surface area contributed by atoms with Crippen molar-refractivity contribution in [2.45, 2.75) is 6.92 Å². The van der Waals surface area contributed by atoms with E-state index in [2.05, 4.69) is 4.99 Å². The molecular formula is C10H11N. The van der Waals surface area contributed by atoms with Crippen LogP contribution in [-0.2, 0) is 0 Å². The molecule has 0 amide bonds. The van der Waals surface area contributed by atoms with Crippen LogP contribution in [0.15, 0.2) is 47.5 Å². The molecule has 0 N–H and O–H groups in total. The molecule has 1 rings (SSSR count). The summed E-state index contributed by atoms with van der Waals surface area (Å²) in [6, 6.07) is 9.87. The Morgan fingerprint density at radius 2 is 1.91 bits per heavy atom. The third-order valence-corrected chi connectivity index (χ3v) is 1.26. The van der Waals surface area contributed by atoms with E-state index < -0.39 is 0 Å². The molecule has 1 aromatic rings. The van der Waals surface area contributed by atoms with Crippen molar-refractivity contribution < 1.29 is 0 Å². The maximum atomic E-state index is 4.18. The Bertz CT molecular complexity index is 247. The summed E-state index contributed by atoms with van der Waals surface area (Å²) in [6.07, 6.45) is 5.65. The van der Waals surface area contributed by atoms with Gasteiger partial charge in [0.15, 0.2) is 0 Å². The van der Waals surface area contributed by atoms with Crippen LogP contribution >= 0.6 is 0 Å². The largest absolute Gasteiger partial charge is 0.257 e. The first-order valence-corrected chi connectivity index (χ1v) is 3.64. The predicted molar refractivity (Wildman–Crippen MR) is 49.4 cm³/mol. The number of aliphatic imine (C=N–C) groups is 1. The highest BCUT2D eigenvalue weighted by Gasteiger charge is 1.79. The molecule has 1 nitrogen and oxygen atoms in total. The Balaban J connectivity index is 2.64. The number of nitrogens with zero attached hydrogens (tertiary/aromatic N) is 1. The second kappa shape index (κ2) is 4.45. The van der Waals surface area contributed by atoms with Crippen molar-refractivity contribution in [2.75, 3.05) is 0 Å². The summed E-state index contributed by atoms with van der Waals surface area (Å²) in [6.45, 7) is 1.97. The van der Waals surface area contributed by atoms with Gasteiger partial charge in [0.25, 0.3) is 0 Å². The van der Waals surface area contributed by atoms with Crippen molar-refractivity contribution >= 4 is 11.9 Å². The number of hydrogen-bond donors (Lipinski definition) is 0. The third-order valence-electron chi connectivity index (χ3n) is 1.26. The number of allylic oxidation sites excluding steroid dienone is 2. The fourth-order valence-electron chi connectivity index (χ4n) is 0.729. The van der Waals surface area contributed by atoms with Crippen LogP contribution in [0.25, 0.3) is 0 Å². The summed E-state index contributed by atoms with van der Waals surface area (Å²) in [7, 11) is 0. The molecule has 0 aliphatic rings. The van der Waals surface area contributed by atoms with Crippen molar-refractivity contribution in [2.24, 2.45) is 4.99 Å². The average Bonchev–Trinajstić information content (AvgIpc) is 2.07. The van der Waals surface area contributed by atoms with Gasteiger partial charge in [0.1, 0.15) is 0 Å². The Labute approximate surface area is 67.1 Å². The zero-order valence-electron chi connectivity index (χ0n) is 6.57. The van der Waals surface area contributed by atoms with Crippen molar-refractivity contribution in [1.29, 1.82) is 0 Å². The highest BCUT2D eigenvalue weighted by molar-refractivity contribution is 5.74. The molecule has 0 spiro atoms. The summed E-state index contributed by atoms with van der Waals surface area (Å²) in [5, 5.41) is 0. The maximum Gasteiger partial charge on any atom is 0.0629 e. The minimum Gasteiger partial charge on any atom is -0.257 e. The van der Waals surface area contributed by atoms with Crippen molar-refractivity contribution in [1.82, 2.24) is 0 Å². The van der Waals surface area contributed by atoms with Crippen LogP contribution in [0.4, 0.5) is 5.69 Å². The van der Waals surface area contributed by atoms with E-state index in [9.17, 15) is 0 Å². The second-order valence-electron chi connectivity index (χ2n) is 2.14. The first kappa shape index (κ1) is 7.73. The normalized spacial score (nSPS) is 11.4. The standard InChI is InChI=1S/C10H11N/c1-2-3-9-11-10-7-5-4-6-8-10/h2-9H,1H3/b3-2+,11-9+. The van der Waals surface area contributed by atoms with Crippen molar-refractivity contribution in [3.05, 3.63) is 42.5 Å². The number of benzene rings is 1. The Morgan fingerprint density at radius 1 is 1.18 bits per heavy atom. The molecule has 0 aromatic heterocycles. The smallest absolute Gasteiger partial charge is 0.0629 e. The van der Waals surface area contributed by atoms with Gasteiger partial charge in [-0.05, 0) is 25.1 Å². The molecule has 1 heteroatoms. The van der Waals surface area contributed by atoms with Crippen LogP contribution in [0.3, 0.4) is 0 Å². The lowest BCUT2D eigenvalue weighted by molar-refractivity contribution is 1.54. The molecule has 0 unspecified atom stereocenters. The summed E-state index contributed by atoms with van der Waals surface area (Å²) < 4.78 is 0. The third kappa shape index (κ3) is 2.80. The van der Waals surface area contributed by atoms with Crippen molar-refractivity contribution in [3.63, 3.8) is 0 Å². The first-order valence-electron chi connectivity index (χ1n) is 3.64. The molecule has 0 aliphatic carbocycles. The highest BCUT2D eigenvalue weighted by atomic mass is 14.7. The topological polar surface area (TPSA) is 12.4 Å². The molecule has 0 heterocycles. The van der Waals surface area contributed by atoms with Crippen molar-refractivity contribution in [3.8, 4) is 0 Å². The molecule has 56 valence electrons. The molecule has 0 radical (unpaired) electrons. The van der Waals surface area contributed by atoms with Gasteiger partial charge < -0.3 is 0 Å². The van der Waals surface area contributed by atoms with E-state index in [4.69, 9.17) is 0 Å². The summed E-state index contributed by atoms with van der Waals surface area (Å²) in [5.74, 6) is 0. The van der Waals surface area contributed by atoms with Gasteiger partial charge in [-0.2, -0.15) is 0 Å². The molecule has 0 aliphatic heterocycles. The van der Waals surface area contributed by atoms with E-state index in [1.807, 2.05) is 49.4 Å². The maximum absolute atomic E-state index is 4.18. The highest BCUT2D eigenvalue weighted by Crippen LogP contribution is 2.07. The summed E-state index contributed by atoms with van der Waals surface area (Å²) in [5.41, 5.74) is 0.991. The predicted octanol–water partition coefficient (Wildman–Crippen LogP) is 2.97. The van der Waals surface area contributed by atoms with Gasteiger partial charge in [0.2, 0.25) is 0 Å².